The molecule has 0 atom stereocenters. The highest BCUT2D eigenvalue weighted by molar-refractivity contribution is 9.10. The van der Waals surface area contributed by atoms with E-state index >= 15 is 0 Å². The van der Waals surface area contributed by atoms with Crippen molar-refractivity contribution in [3.8, 4) is 5.75 Å². The molecule has 0 amide bonds. The molecule has 0 unspecified atom stereocenters. The quantitative estimate of drug-likeness (QED) is 0.619. The number of esters is 1. The SMILES string of the molecule is COc1ccc(C2=N/C(=C\c3cccc(Br)c3)C(=O)O2)cc1. The largest absolute Gasteiger partial charge is 0.497 e. The van der Waals surface area contributed by atoms with E-state index in [-0.39, 0.29) is 5.70 Å². The summed E-state index contributed by atoms with van der Waals surface area (Å²) in [6.45, 7) is 0. The molecular weight excluding hydrogens is 346 g/mol. The fraction of sp³-hybridized carbons (Fsp3) is 0.0588. The number of cyclic esters (lactones) is 1. The van der Waals surface area contributed by atoms with Gasteiger partial charge >= 0.3 is 5.97 Å². The van der Waals surface area contributed by atoms with Crippen LogP contribution in [0.5, 0.6) is 5.75 Å². The van der Waals surface area contributed by atoms with E-state index < -0.39 is 5.97 Å². The molecule has 4 nitrogen and oxygen atoms in total. The van der Waals surface area contributed by atoms with Crippen molar-refractivity contribution in [3.05, 3.63) is 69.8 Å². The average molecular weight is 358 g/mol. The van der Waals surface area contributed by atoms with Crippen LogP contribution in [0.3, 0.4) is 0 Å². The number of aliphatic imine (C=N–C) groups is 1. The lowest BCUT2D eigenvalue weighted by Crippen LogP contribution is -2.05. The van der Waals surface area contributed by atoms with Crippen molar-refractivity contribution in [1.82, 2.24) is 0 Å². The van der Waals surface area contributed by atoms with Crippen LogP contribution in [0.1, 0.15) is 11.1 Å². The molecule has 5 heteroatoms. The Morgan fingerprint density at radius 1 is 1.18 bits per heavy atom. The predicted molar refractivity (Wildman–Crippen MR) is 87.7 cm³/mol. The molecule has 1 heterocycles. The molecule has 0 N–H and O–H groups in total. The van der Waals surface area contributed by atoms with Gasteiger partial charge in [-0.1, -0.05) is 28.1 Å². The summed E-state index contributed by atoms with van der Waals surface area (Å²) in [5.74, 6) is 0.582. The second kappa shape index (κ2) is 6.15. The molecule has 3 rings (SSSR count). The molecule has 1 aliphatic rings. The highest BCUT2D eigenvalue weighted by Crippen LogP contribution is 2.21. The minimum absolute atomic E-state index is 0.281. The third-order valence-corrected chi connectivity index (χ3v) is 3.60. The van der Waals surface area contributed by atoms with Gasteiger partial charge in [-0.25, -0.2) is 9.79 Å². The van der Waals surface area contributed by atoms with Gasteiger partial charge in [-0.2, -0.15) is 0 Å². The summed E-state index contributed by atoms with van der Waals surface area (Å²) in [6.07, 6.45) is 1.70. The lowest BCUT2D eigenvalue weighted by molar-refractivity contribution is -0.129. The minimum atomic E-state index is -0.453. The molecular formula is C17H12BrNO3. The van der Waals surface area contributed by atoms with Crippen molar-refractivity contribution in [2.75, 3.05) is 7.11 Å². The Kier molecular flexibility index (Phi) is 4.06. The van der Waals surface area contributed by atoms with Crippen molar-refractivity contribution in [1.29, 1.82) is 0 Å². The Morgan fingerprint density at radius 3 is 2.64 bits per heavy atom. The smallest absolute Gasteiger partial charge is 0.363 e. The maximum absolute atomic E-state index is 11.9. The number of rotatable bonds is 3. The van der Waals surface area contributed by atoms with Crippen LogP contribution in [0, 0.1) is 0 Å². The van der Waals surface area contributed by atoms with Gasteiger partial charge in [-0.05, 0) is 48.0 Å². The summed E-state index contributed by atoms with van der Waals surface area (Å²) < 4.78 is 11.3. The van der Waals surface area contributed by atoms with Crippen molar-refractivity contribution >= 4 is 33.9 Å². The van der Waals surface area contributed by atoms with E-state index in [0.717, 1.165) is 21.3 Å². The molecule has 0 saturated carbocycles. The number of methoxy groups -OCH3 is 1. The number of hydrogen-bond acceptors (Lipinski definition) is 4. The maximum atomic E-state index is 11.9. The summed E-state index contributed by atoms with van der Waals surface area (Å²) in [5.41, 5.74) is 1.89. The highest BCUT2D eigenvalue weighted by atomic mass is 79.9. The Labute approximate surface area is 136 Å². The highest BCUT2D eigenvalue weighted by Gasteiger charge is 2.24. The van der Waals surface area contributed by atoms with Crippen molar-refractivity contribution in [2.24, 2.45) is 4.99 Å². The summed E-state index contributed by atoms with van der Waals surface area (Å²) in [7, 11) is 1.60. The molecule has 0 fully saturated rings. The van der Waals surface area contributed by atoms with Gasteiger partial charge in [0.2, 0.25) is 5.90 Å². The van der Waals surface area contributed by atoms with Crippen LogP contribution in [-0.2, 0) is 9.53 Å². The summed E-state index contributed by atoms with van der Waals surface area (Å²) in [6, 6.07) is 14.8. The van der Waals surface area contributed by atoms with E-state index in [1.54, 1.807) is 37.5 Å². The van der Waals surface area contributed by atoms with Crippen LogP contribution in [0.15, 0.2) is 63.7 Å². The molecule has 0 bridgehead atoms. The monoisotopic (exact) mass is 357 g/mol. The van der Waals surface area contributed by atoms with E-state index in [9.17, 15) is 4.79 Å². The molecule has 110 valence electrons. The van der Waals surface area contributed by atoms with Crippen molar-refractivity contribution in [2.45, 2.75) is 0 Å². The number of hydrogen-bond donors (Lipinski definition) is 0. The average Bonchev–Trinajstić information content (AvgIpc) is 2.88. The fourth-order valence-electron chi connectivity index (χ4n) is 2.02. The van der Waals surface area contributed by atoms with Crippen LogP contribution >= 0.6 is 15.9 Å². The molecule has 0 aliphatic carbocycles. The Balaban J connectivity index is 1.90. The maximum Gasteiger partial charge on any atom is 0.363 e. The first-order chi connectivity index (χ1) is 10.7. The number of carbonyl (C=O) groups excluding carboxylic acids is 1. The zero-order valence-corrected chi connectivity index (χ0v) is 13.3. The normalized spacial score (nSPS) is 15.6. The second-order valence-electron chi connectivity index (χ2n) is 4.62. The lowest BCUT2D eigenvalue weighted by atomic mass is 10.2. The first-order valence-electron chi connectivity index (χ1n) is 6.58. The lowest BCUT2D eigenvalue weighted by Gasteiger charge is -2.01. The van der Waals surface area contributed by atoms with Crippen LogP contribution < -0.4 is 4.74 Å². The molecule has 1 aliphatic heterocycles. The van der Waals surface area contributed by atoms with Gasteiger partial charge < -0.3 is 9.47 Å². The van der Waals surface area contributed by atoms with Crippen molar-refractivity contribution in [3.63, 3.8) is 0 Å². The van der Waals surface area contributed by atoms with Gasteiger partial charge in [0, 0.05) is 10.0 Å². The number of ether oxygens (including phenoxy) is 2. The Morgan fingerprint density at radius 2 is 1.95 bits per heavy atom. The van der Waals surface area contributed by atoms with Crippen LogP contribution in [-0.4, -0.2) is 19.0 Å². The number of carbonyl (C=O) groups is 1. The standard InChI is InChI=1S/C17H12BrNO3/c1-21-14-7-5-12(6-8-14)16-19-15(17(20)22-16)10-11-3-2-4-13(18)9-11/h2-10H,1H3/b15-10-. The molecule has 0 spiro atoms. The van der Waals surface area contributed by atoms with E-state index in [0.29, 0.717) is 5.90 Å². The van der Waals surface area contributed by atoms with Gasteiger partial charge in [0.25, 0.3) is 0 Å². The van der Waals surface area contributed by atoms with Crippen LogP contribution in [0.4, 0.5) is 0 Å². The molecule has 0 saturated heterocycles. The predicted octanol–water partition coefficient (Wildman–Crippen LogP) is 3.80. The first-order valence-corrected chi connectivity index (χ1v) is 7.37. The summed E-state index contributed by atoms with van der Waals surface area (Å²) in [5, 5.41) is 0. The second-order valence-corrected chi connectivity index (χ2v) is 5.54. The summed E-state index contributed by atoms with van der Waals surface area (Å²) >= 11 is 3.40. The van der Waals surface area contributed by atoms with Gasteiger partial charge in [0.15, 0.2) is 5.70 Å². The first kappa shape index (κ1) is 14.5. The topological polar surface area (TPSA) is 47.9 Å². The fourth-order valence-corrected chi connectivity index (χ4v) is 2.44. The molecule has 2 aromatic rings. The van der Waals surface area contributed by atoms with Crippen LogP contribution in [0.2, 0.25) is 0 Å². The molecule has 0 radical (unpaired) electrons. The number of nitrogens with zero attached hydrogens (tertiary/aromatic N) is 1. The molecule has 22 heavy (non-hydrogen) atoms. The van der Waals surface area contributed by atoms with E-state index in [2.05, 4.69) is 20.9 Å². The van der Waals surface area contributed by atoms with E-state index in [1.807, 2.05) is 24.3 Å². The van der Waals surface area contributed by atoms with Gasteiger partial charge in [0.05, 0.1) is 7.11 Å². The van der Waals surface area contributed by atoms with Gasteiger partial charge in [-0.15, -0.1) is 0 Å². The molecule has 0 aromatic heterocycles. The minimum Gasteiger partial charge on any atom is -0.497 e. The summed E-state index contributed by atoms with van der Waals surface area (Å²) in [4.78, 5) is 16.2. The van der Waals surface area contributed by atoms with Crippen LogP contribution in [0.25, 0.3) is 6.08 Å². The number of benzene rings is 2. The Bertz CT molecular complexity index is 779. The zero-order valence-electron chi connectivity index (χ0n) is 11.7. The molecule has 2 aromatic carbocycles. The van der Waals surface area contributed by atoms with Crippen molar-refractivity contribution < 1.29 is 14.3 Å². The third-order valence-electron chi connectivity index (χ3n) is 3.11. The Hall–Kier alpha value is -2.40. The zero-order chi connectivity index (χ0) is 15.5. The van der Waals surface area contributed by atoms with Gasteiger partial charge in [-0.3, -0.25) is 0 Å². The van der Waals surface area contributed by atoms with E-state index in [4.69, 9.17) is 9.47 Å². The van der Waals surface area contributed by atoms with Gasteiger partial charge in [0.1, 0.15) is 5.75 Å². The third kappa shape index (κ3) is 3.09. The number of halogens is 1. The van der Waals surface area contributed by atoms with E-state index in [1.165, 1.54) is 0 Å².